The van der Waals surface area contributed by atoms with Crippen molar-refractivity contribution in [2.75, 3.05) is 11.1 Å². The number of hydrogen-bond donors (Lipinski definition) is 2. The number of nitriles is 2. The van der Waals surface area contributed by atoms with Crippen LogP contribution >= 0.6 is 11.3 Å². The van der Waals surface area contributed by atoms with Gasteiger partial charge < -0.3 is 11.1 Å². The highest BCUT2D eigenvalue weighted by atomic mass is 32.1. The lowest BCUT2D eigenvalue weighted by molar-refractivity contribution is 1.24. The molecule has 1 aromatic carbocycles. The van der Waals surface area contributed by atoms with Crippen LogP contribution in [0.3, 0.4) is 0 Å². The van der Waals surface area contributed by atoms with Crippen LogP contribution in [0, 0.1) is 22.7 Å². The van der Waals surface area contributed by atoms with Crippen molar-refractivity contribution >= 4 is 39.0 Å². The van der Waals surface area contributed by atoms with Crippen LogP contribution in [0.4, 0.5) is 17.5 Å². The third kappa shape index (κ3) is 2.34. The molecule has 6 nitrogen and oxygen atoms in total. The summed E-state index contributed by atoms with van der Waals surface area (Å²) in [6, 6.07) is 10.8. The van der Waals surface area contributed by atoms with E-state index in [9.17, 15) is 0 Å². The minimum atomic E-state index is 0.182. The molecule has 3 aromatic rings. The molecule has 0 aliphatic rings. The second kappa shape index (κ2) is 5.08. The van der Waals surface area contributed by atoms with Gasteiger partial charge in [0, 0.05) is 5.69 Å². The molecule has 0 radical (unpaired) electrons. The van der Waals surface area contributed by atoms with Crippen LogP contribution in [-0.2, 0) is 0 Å². The normalized spacial score (nSPS) is 10.0. The van der Waals surface area contributed by atoms with Crippen LogP contribution in [-0.4, -0.2) is 9.97 Å². The number of nitrogens with zero attached hydrogens (tertiary/aromatic N) is 4. The molecule has 0 saturated heterocycles. The lowest BCUT2D eigenvalue weighted by Gasteiger charge is -2.08. The number of aromatic nitrogens is 2. The Kier molecular flexibility index (Phi) is 3.11. The molecule has 0 unspecified atom stereocenters. The quantitative estimate of drug-likeness (QED) is 0.751. The topological polar surface area (TPSA) is 111 Å². The van der Waals surface area contributed by atoms with Gasteiger partial charge in [-0.15, -0.1) is 11.3 Å². The molecular formula is C14H8N6S. The van der Waals surface area contributed by atoms with E-state index < -0.39 is 0 Å². The van der Waals surface area contributed by atoms with Crippen LogP contribution in [0.25, 0.3) is 10.2 Å². The van der Waals surface area contributed by atoms with Gasteiger partial charge in [0.1, 0.15) is 22.8 Å². The first-order chi connectivity index (χ1) is 10.2. The summed E-state index contributed by atoms with van der Waals surface area (Å²) in [5.74, 6) is 0.758. The molecule has 2 aromatic heterocycles. The average molecular weight is 292 g/mol. The van der Waals surface area contributed by atoms with Crippen LogP contribution in [0.2, 0.25) is 0 Å². The number of nitrogens with one attached hydrogen (secondary N) is 1. The van der Waals surface area contributed by atoms with E-state index in [4.69, 9.17) is 16.3 Å². The Morgan fingerprint density at radius 3 is 2.67 bits per heavy atom. The van der Waals surface area contributed by atoms with E-state index >= 15 is 0 Å². The first-order valence-electron chi connectivity index (χ1n) is 5.93. The summed E-state index contributed by atoms with van der Waals surface area (Å²) in [5.41, 5.74) is 7.00. The van der Waals surface area contributed by atoms with Crippen molar-refractivity contribution in [1.29, 1.82) is 10.5 Å². The Balaban J connectivity index is 2.05. The summed E-state index contributed by atoms with van der Waals surface area (Å²) in [6.45, 7) is 0. The fourth-order valence-corrected chi connectivity index (χ4v) is 2.69. The molecule has 0 atom stereocenters. The zero-order chi connectivity index (χ0) is 14.8. The fraction of sp³-hybridized carbons (Fsp3) is 0. The molecule has 0 amide bonds. The van der Waals surface area contributed by atoms with Gasteiger partial charge in [-0.3, -0.25) is 0 Å². The highest BCUT2D eigenvalue weighted by Gasteiger charge is 2.09. The summed E-state index contributed by atoms with van der Waals surface area (Å²) < 4.78 is 0. The first kappa shape index (κ1) is 12.9. The molecule has 3 N–H and O–H groups in total. The molecular weight excluding hydrogens is 284 g/mol. The predicted molar refractivity (Wildman–Crippen MR) is 81.0 cm³/mol. The second-order valence-corrected chi connectivity index (χ2v) is 5.07. The largest absolute Gasteiger partial charge is 0.368 e. The molecule has 21 heavy (non-hydrogen) atoms. The molecule has 0 bridgehead atoms. The van der Waals surface area contributed by atoms with Gasteiger partial charge in [-0.25, -0.2) is 4.98 Å². The van der Waals surface area contributed by atoms with E-state index in [-0.39, 0.29) is 5.95 Å². The minimum Gasteiger partial charge on any atom is -0.368 e. The Hall–Kier alpha value is -3.16. The maximum atomic E-state index is 9.05. The van der Waals surface area contributed by atoms with Crippen molar-refractivity contribution in [2.24, 2.45) is 0 Å². The van der Waals surface area contributed by atoms with Gasteiger partial charge in [-0.1, -0.05) is 0 Å². The molecule has 7 heteroatoms. The number of nitrogens with two attached hydrogens (primary N) is 1. The summed E-state index contributed by atoms with van der Waals surface area (Å²) >= 11 is 1.47. The molecule has 0 fully saturated rings. The number of fused-ring (bicyclic) bond motifs is 1. The molecule has 0 saturated carbocycles. The SMILES string of the molecule is N#Cc1ccc(Nc2nc(N)nc3sccc23)cc1C#N. The zero-order valence-corrected chi connectivity index (χ0v) is 11.5. The highest BCUT2D eigenvalue weighted by molar-refractivity contribution is 7.16. The third-order valence-electron chi connectivity index (χ3n) is 2.87. The zero-order valence-electron chi connectivity index (χ0n) is 10.7. The third-order valence-corrected chi connectivity index (χ3v) is 3.67. The summed E-state index contributed by atoms with van der Waals surface area (Å²) in [6.07, 6.45) is 0. The summed E-state index contributed by atoms with van der Waals surface area (Å²) in [5, 5.41) is 23.9. The second-order valence-electron chi connectivity index (χ2n) is 4.18. The standard InChI is InChI=1S/C14H8N6S/c15-6-8-1-2-10(5-9(8)7-16)18-12-11-3-4-21-13(11)20-14(17)19-12/h1-5H,(H3,17,18,19,20). The van der Waals surface area contributed by atoms with E-state index in [0.29, 0.717) is 22.6 Å². The van der Waals surface area contributed by atoms with Gasteiger partial charge >= 0.3 is 0 Å². The van der Waals surface area contributed by atoms with Crippen LogP contribution in [0.5, 0.6) is 0 Å². The Morgan fingerprint density at radius 2 is 1.90 bits per heavy atom. The lowest BCUT2D eigenvalue weighted by Crippen LogP contribution is -2.00. The highest BCUT2D eigenvalue weighted by Crippen LogP contribution is 2.28. The fourth-order valence-electron chi connectivity index (χ4n) is 1.92. The monoisotopic (exact) mass is 292 g/mol. The van der Waals surface area contributed by atoms with Crippen molar-refractivity contribution in [2.45, 2.75) is 0 Å². The smallest absolute Gasteiger partial charge is 0.223 e. The summed E-state index contributed by atoms with van der Waals surface area (Å²) in [7, 11) is 0. The van der Waals surface area contributed by atoms with Crippen LogP contribution in [0.1, 0.15) is 11.1 Å². The maximum Gasteiger partial charge on any atom is 0.223 e. The lowest BCUT2D eigenvalue weighted by atomic mass is 10.1. The van der Waals surface area contributed by atoms with Gasteiger partial charge in [0.2, 0.25) is 5.95 Å². The first-order valence-corrected chi connectivity index (χ1v) is 6.81. The van der Waals surface area contributed by atoms with Crippen molar-refractivity contribution in [1.82, 2.24) is 9.97 Å². The molecule has 0 spiro atoms. The number of benzene rings is 1. The molecule has 0 aliphatic carbocycles. The van der Waals surface area contributed by atoms with Gasteiger partial charge in [0.25, 0.3) is 0 Å². The molecule has 100 valence electrons. The maximum absolute atomic E-state index is 9.05. The Morgan fingerprint density at radius 1 is 1.10 bits per heavy atom. The number of thiophene rings is 1. The molecule has 3 rings (SSSR count). The Labute approximate surface area is 124 Å². The van der Waals surface area contributed by atoms with Crippen LogP contribution in [0.15, 0.2) is 29.6 Å². The molecule has 0 aliphatic heterocycles. The summed E-state index contributed by atoms with van der Waals surface area (Å²) in [4.78, 5) is 9.12. The van der Waals surface area contributed by atoms with E-state index in [1.165, 1.54) is 11.3 Å². The van der Waals surface area contributed by atoms with E-state index in [1.54, 1.807) is 18.2 Å². The van der Waals surface area contributed by atoms with Gasteiger partial charge in [-0.05, 0) is 29.6 Å². The van der Waals surface area contributed by atoms with Crippen molar-refractivity contribution in [3.05, 3.63) is 40.8 Å². The van der Waals surface area contributed by atoms with Gasteiger partial charge in [-0.2, -0.15) is 15.5 Å². The van der Waals surface area contributed by atoms with E-state index in [1.807, 2.05) is 23.6 Å². The number of anilines is 3. The number of hydrogen-bond acceptors (Lipinski definition) is 7. The molecule has 2 heterocycles. The average Bonchev–Trinajstić information content (AvgIpc) is 2.95. The predicted octanol–water partition coefficient (Wildman–Crippen LogP) is 2.76. The Bertz CT molecular complexity index is 915. The van der Waals surface area contributed by atoms with Gasteiger partial charge in [0.05, 0.1) is 16.5 Å². The van der Waals surface area contributed by atoms with Crippen molar-refractivity contribution in [3.63, 3.8) is 0 Å². The van der Waals surface area contributed by atoms with Crippen molar-refractivity contribution < 1.29 is 0 Å². The minimum absolute atomic E-state index is 0.182. The number of nitrogen functional groups attached to an aromatic ring is 1. The van der Waals surface area contributed by atoms with E-state index in [0.717, 1.165) is 10.2 Å². The van der Waals surface area contributed by atoms with E-state index in [2.05, 4.69) is 15.3 Å². The van der Waals surface area contributed by atoms with Gasteiger partial charge in [0.15, 0.2) is 0 Å². The number of rotatable bonds is 2. The van der Waals surface area contributed by atoms with Crippen molar-refractivity contribution in [3.8, 4) is 12.1 Å². The van der Waals surface area contributed by atoms with Crippen LogP contribution < -0.4 is 11.1 Å².